The van der Waals surface area contributed by atoms with Gasteiger partial charge in [-0.3, -0.25) is 33.1 Å². The third-order valence-electron chi connectivity index (χ3n) is 16.3. The van der Waals surface area contributed by atoms with E-state index in [1.54, 1.807) is 32.5 Å². The number of rotatable bonds is 10. The molecule has 0 spiro atoms. The zero-order valence-electron chi connectivity index (χ0n) is 44.8. The SMILES string of the molecule is Nc1cccnc1F.O=C(C1CCC(Cc2cccnc2F)CC1)N1CCC(O)(Cn2cnc3c(cnn3-c3ccccc3)c2=O)CC1.O=C1CCC(C(=O)N2CCC(O)(Cn3cnc4c(cnn4-c4ccccc4)c3=O)CC2)CC1. The summed E-state index contributed by atoms with van der Waals surface area (Å²) in [6, 6.07) is 25.6. The summed E-state index contributed by atoms with van der Waals surface area (Å²) in [5, 5.41) is 31.9. The Morgan fingerprint density at radius 3 is 1.44 bits per heavy atom. The third kappa shape index (κ3) is 13.0. The number of nitrogens with zero attached hydrogens (tertiary/aromatic N) is 12. The lowest BCUT2D eigenvalue weighted by Crippen LogP contribution is -2.51. The molecule has 12 rings (SSSR count). The van der Waals surface area contributed by atoms with Gasteiger partial charge in [0.15, 0.2) is 11.3 Å². The predicted molar refractivity (Wildman–Crippen MR) is 297 cm³/mol. The van der Waals surface area contributed by atoms with Gasteiger partial charge in [-0.2, -0.15) is 19.0 Å². The van der Waals surface area contributed by atoms with Crippen molar-refractivity contribution in [1.29, 1.82) is 0 Å². The Hall–Kier alpha value is -8.37. The number of anilines is 1. The number of nitrogen functional groups attached to an aromatic ring is 1. The highest BCUT2D eigenvalue weighted by Crippen LogP contribution is 2.35. The summed E-state index contributed by atoms with van der Waals surface area (Å²) < 4.78 is 32.1. The van der Waals surface area contributed by atoms with Crippen LogP contribution in [-0.4, -0.2) is 124 Å². The highest BCUT2D eigenvalue weighted by molar-refractivity contribution is 5.85. The number of halogens is 2. The summed E-state index contributed by atoms with van der Waals surface area (Å²) in [5.41, 5.74) is 5.70. The molecule has 4 N–H and O–H groups in total. The number of pyridine rings is 2. The number of hydrogen-bond acceptors (Lipinski definition) is 14. The Morgan fingerprint density at radius 2 is 1.01 bits per heavy atom. The van der Waals surface area contributed by atoms with E-state index in [1.807, 2.05) is 65.6 Å². The molecule has 8 aromatic rings. The summed E-state index contributed by atoms with van der Waals surface area (Å²) in [4.78, 5) is 83.4. The average Bonchev–Trinajstić information content (AvgIpc) is 4.25. The Morgan fingerprint density at radius 1 is 0.568 bits per heavy atom. The summed E-state index contributed by atoms with van der Waals surface area (Å²) in [7, 11) is 0. The van der Waals surface area contributed by atoms with Crippen molar-refractivity contribution in [3.05, 3.63) is 161 Å². The second-order valence-corrected chi connectivity index (χ2v) is 21.8. The van der Waals surface area contributed by atoms with E-state index in [4.69, 9.17) is 5.73 Å². The number of para-hydroxylation sites is 2. The van der Waals surface area contributed by atoms with Crippen LogP contribution in [-0.2, 0) is 33.9 Å². The first-order valence-corrected chi connectivity index (χ1v) is 27.6. The maximum atomic E-state index is 13.9. The Bertz CT molecular complexity index is 3590. The summed E-state index contributed by atoms with van der Waals surface area (Å²) in [5.74, 6) is -0.314. The number of hydrogen-bond donors (Lipinski definition) is 3. The van der Waals surface area contributed by atoms with E-state index in [0.29, 0.717) is 118 Å². The highest BCUT2D eigenvalue weighted by atomic mass is 19.1. The quantitative estimate of drug-likeness (QED) is 0.133. The number of likely N-dealkylation sites (tertiary alicyclic amines) is 2. The maximum absolute atomic E-state index is 13.9. The van der Waals surface area contributed by atoms with Crippen molar-refractivity contribution in [2.75, 3.05) is 31.9 Å². The number of piperidine rings is 2. The second-order valence-electron chi connectivity index (χ2n) is 21.8. The van der Waals surface area contributed by atoms with E-state index in [-0.39, 0.29) is 59.3 Å². The fourth-order valence-electron chi connectivity index (χ4n) is 11.5. The zero-order chi connectivity index (χ0) is 56.7. The van der Waals surface area contributed by atoms with Gasteiger partial charge in [-0.1, -0.05) is 42.5 Å². The molecule has 2 aliphatic carbocycles. The molecule has 22 heteroatoms. The van der Waals surface area contributed by atoms with Crippen molar-refractivity contribution >= 4 is 45.4 Å². The number of fused-ring (bicyclic) bond motifs is 2. The molecule has 422 valence electrons. The van der Waals surface area contributed by atoms with Crippen molar-refractivity contribution in [2.24, 2.45) is 17.8 Å². The standard InChI is InChI=1S/C30H33FN6O3.C24H27N5O4.C5H5FN2/c31-26-23(5-4-14-32-26)17-21-8-10-22(11-9-21)28(38)35-15-12-30(40,13-16-35)19-36-20-33-27-25(29(36)39)18-34-37(27)24-6-2-1-3-7-24;30-19-8-6-17(7-9-19)22(31)27-12-10-24(33,11-13-27)15-28-16-25-21-20(23(28)32)14-26-29(21)18-4-2-1-3-5-18;6-5-4(7)2-1-3-8-5/h1-7,14,18,20-22,40H,8-13,15-17,19H2;1-5,14,16-17,33H,6-13,15H2;1-3H,7H2. The van der Waals surface area contributed by atoms with Gasteiger partial charge in [0, 0.05) is 68.8 Å². The minimum atomic E-state index is -1.10. The molecular formula is C59H65F2N13O7. The predicted octanol–water partition coefficient (Wildman–Crippen LogP) is 6.02. The second kappa shape index (κ2) is 24.6. The van der Waals surface area contributed by atoms with Crippen molar-refractivity contribution < 1.29 is 33.4 Å². The Balaban J connectivity index is 0.000000162. The number of amides is 2. The fourth-order valence-corrected chi connectivity index (χ4v) is 11.5. The van der Waals surface area contributed by atoms with E-state index < -0.39 is 23.1 Å². The van der Waals surface area contributed by atoms with Gasteiger partial charge in [0.1, 0.15) is 29.2 Å². The molecule has 6 aromatic heterocycles. The molecule has 8 heterocycles. The van der Waals surface area contributed by atoms with Crippen LogP contribution in [0.5, 0.6) is 0 Å². The summed E-state index contributed by atoms with van der Waals surface area (Å²) >= 11 is 0. The van der Waals surface area contributed by atoms with Crippen LogP contribution in [0, 0.1) is 29.6 Å². The first kappa shape index (κ1) is 55.9. The normalized spacial score (nSPS) is 19.1. The fraction of sp³-hybridized carbons (Fsp3) is 0.407. The van der Waals surface area contributed by atoms with Crippen LogP contribution in [0.2, 0.25) is 0 Å². The van der Waals surface area contributed by atoms with Gasteiger partial charge in [0.25, 0.3) is 11.1 Å². The van der Waals surface area contributed by atoms with Crippen LogP contribution in [0.3, 0.4) is 0 Å². The van der Waals surface area contributed by atoms with Gasteiger partial charge in [-0.15, -0.1) is 0 Å². The van der Waals surface area contributed by atoms with E-state index >= 15 is 0 Å². The molecule has 0 radical (unpaired) electrons. The lowest BCUT2D eigenvalue weighted by molar-refractivity contribution is -0.142. The molecule has 2 aromatic carbocycles. The van der Waals surface area contributed by atoms with E-state index in [0.717, 1.165) is 37.1 Å². The molecule has 0 bridgehead atoms. The van der Waals surface area contributed by atoms with Gasteiger partial charge < -0.3 is 25.7 Å². The highest BCUT2D eigenvalue weighted by Gasteiger charge is 2.39. The molecule has 0 atom stereocenters. The van der Waals surface area contributed by atoms with Crippen LogP contribution in [0.1, 0.15) is 82.6 Å². The van der Waals surface area contributed by atoms with Gasteiger partial charge in [0.05, 0.1) is 53.7 Å². The minimum absolute atomic E-state index is 0.0310. The number of carbonyl (C=O) groups excluding carboxylic acids is 3. The molecule has 2 aliphatic heterocycles. The van der Waals surface area contributed by atoms with E-state index in [9.17, 15) is 43.0 Å². The number of aliphatic hydroxyl groups is 2. The van der Waals surface area contributed by atoms with Gasteiger partial charge >= 0.3 is 0 Å². The number of carbonyl (C=O) groups is 3. The van der Waals surface area contributed by atoms with E-state index in [1.165, 1.54) is 52.6 Å². The molecule has 0 unspecified atom stereocenters. The van der Waals surface area contributed by atoms with Crippen LogP contribution in [0.25, 0.3) is 33.4 Å². The summed E-state index contributed by atoms with van der Waals surface area (Å²) in [6.45, 7) is 2.01. The Kier molecular flexibility index (Phi) is 17.0. The lowest BCUT2D eigenvalue weighted by Gasteiger charge is -2.40. The lowest BCUT2D eigenvalue weighted by atomic mass is 9.78. The first-order chi connectivity index (χ1) is 39.1. The van der Waals surface area contributed by atoms with Crippen molar-refractivity contribution in [3.63, 3.8) is 0 Å². The topological polar surface area (TPSA) is 255 Å². The summed E-state index contributed by atoms with van der Waals surface area (Å²) in [6.07, 6.45) is 16.6. The van der Waals surface area contributed by atoms with Crippen molar-refractivity contribution in [2.45, 2.75) is 108 Å². The number of aromatic nitrogens is 10. The van der Waals surface area contributed by atoms with Gasteiger partial charge in [0.2, 0.25) is 23.7 Å². The van der Waals surface area contributed by atoms with E-state index in [2.05, 4.69) is 30.1 Å². The molecule has 81 heavy (non-hydrogen) atoms. The number of nitrogens with two attached hydrogens (primary N) is 1. The van der Waals surface area contributed by atoms with Gasteiger partial charge in [-0.05, 0) is 119 Å². The minimum Gasteiger partial charge on any atom is -0.395 e. The van der Waals surface area contributed by atoms with Crippen LogP contribution in [0.15, 0.2) is 132 Å². The van der Waals surface area contributed by atoms with Crippen LogP contribution < -0.4 is 16.9 Å². The first-order valence-electron chi connectivity index (χ1n) is 27.6. The molecular weight excluding hydrogens is 1040 g/mol. The maximum Gasteiger partial charge on any atom is 0.264 e. The van der Waals surface area contributed by atoms with Crippen molar-refractivity contribution in [1.82, 2.24) is 58.4 Å². The number of benzene rings is 2. The number of ketones is 1. The smallest absolute Gasteiger partial charge is 0.264 e. The molecule has 4 fully saturated rings. The molecule has 2 amide bonds. The van der Waals surface area contributed by atoms with Crippen LogP contribution >= 0.6 is 0 Å². The Labute approximate surface area is 464 Å². The molecule has 20 nitrogen and oxygen atoms in total. The largest absolute Gasteiger partial charge is 0.395 e. The molecule has 2 saturated carbocycles. The van der Waals surface area contributed by atoms with Crippen LogP contribution in [0.4, 0.5) is 14.5 Å². The zero-order valence-corrected chi connectivity index (χ0v) is 44.8. The van der Waals surface area contributed by atoms with Gasteiger partial charge in [-0.25, -0.2) is 29.3 Å². The number of Topliss-reactive ketones (excluding diaryl/α,β-unsaturated/α-hetero) is 1. The van der Waals surface area contributed by atoms with Crippen molar-refractivity contribution in [3.8, 4) is 11.4 Å². The third-order valence-corrected chi connectivity index (χ3v) is 16.3. The molecule has 2 saturated heterocycles. The molecule has 4 aliphatic rings. The average molecular weight is 1110 g/mol. The monoisotopic (exact) mass is 1110 g/mol.